The van der Waals surface area contributed by atoms with E-state index in [1.807, 2.05) is 12.1 Å². The highest BCUT2D eigenvalue weighted by atomic mass is 16.3. The van der Waals surface area contributed by atoms with Crippen molar-refractivity contribution in [1.29, 1.82) is 0 Å². The van der Waals surface area contributed by atoms with E-state index in [2.05, 4.69) is 39.5 Å². The minimum atomic E-state index is -0.213. The second-order valence-electron chi connectivity index (χ2n) is 7.85. The average Bonchev–Trinajstić information content (AvgIpc) is 3.07. The fourth-order valence-corrected chi connectivity index (χ4v) is 4.17. The first-order chi connectivity index (χ1) is 13.2. The molecule has 27 heavy (non-hydrogen) atoms. The summed E-state index contributed by atoms with van der Waals surface area (Å²) in [5.41, 5.74) is 3.92. The molecule has 5 nitrogen and oxygen atoms in total. The number of aliphatic hydroxyl groups is 1. The monoisotopic (exact) mass is 365 g/mol. The normalized spacial score (nSPS) is 22.7. The van der Waals surface area contributed by atoms with Crippen molar-refractivity contribution >= 4 is 5.91 Å². The predicted molar refractivity (Wildman–Crippen MR) is 104 cm³/mol. The topological polar surface area (TPSA) is 65.5 Å². The lowest BCUT2D eigenvalue weighted by Crippen LogP contribution is -2.48. The van der Waals surface area contributed by atoms with Gasteiger partial charge in [-0.25, -0.2) is 0 Å². The lowest BCUT2D eigenvalue weighted by atomic mass is 9.75. The highest BCUT2D eigenvalue weighted by Crippen LogP contribution is 2.31. The zero-order chi connectivity index (χ0) is 18.6. The van der Waals surface area contributed by atoms with E-state index in [4.69, 9.17) is 0 Å². The Morgan fingerprint density at radius 1 is 1.15 bits per heavy atom. The third-order valence-corrected chi connectivity index (χ3v) is 5.83. The van der Waals surface area contributed by atoms with Gasteiger partial charge in [-0.2, -0.15) is 0 Å². The molecule has 142 valence electrons. The second kappa shape index (κ2) is 8.19. The van der Waals surface area contributed by atoms with Gasteiger partial charge in [0, 0.05) is 44.5 Å². The van der Waals surface area contributed by atoms with Gasteiger partial charge in [0.15, 0.2) is 0 Å². The van der Waals surface area contributed by atoms with Gasteiger partial charge in [-0.05, 0) is 54.0 Å². The molecule has 2 aromatic rings. The summed E-state index contributed by atoms with van der Waals surface area (Å²) in [7, 11) is 0. The summed E-state index contributed by atoms with van der Waals surface area (Å²) in [6.07, 6.45) is 6.21. The fraction of sp³-hybridized carbons (Fsp3) is 0.455. The minimum absolute atomic E-state index is 0.0825. The van der Waals surface area contributed by atoms with Crippen LogP contribution in [-0.4, -0.2) is 39.6 Å². The van der Waals surface area contributed by atoms with E-state index < -0.39 is 0 Å². The molecule has 2 aliphatic rings. The first kappa shape index (κ1) is 18.1. The summed E-state index contributed by atoms with van der Waals surface area (Å²) in [4.78, 5) is 19.0. The molecule has 0 spiro atoms. The Kier molecular flexibility index (Phi) is 5.50. The number of nitrogens with zero attached hydrogens (tertiary/aromatic N) is 2. The maximum Gasteiger partial charge on any atom is 0.221 e. The summed E-state index contributed by atoms with van der Waals surface area (Å²) >= 11 is 0. The van der Waals surface area contributed by atoms with E-state index in [-0.39, 0.29) is 18.1 Å². The van der Waals surface area contributed by atoms with Crippen molar-refractivity contribution in [1.82, 2.24) is 15.2 Å². The van der Waals surface area contributed by atoms with Crippen LogP contribution in [0.4, 0.5) is 0 Å². The molecule has 1 aromatic carbocycles. The molecule has 1 aromatic heterocycles. The zero-order valence-corrected chi connectivity index (χ0v) is 15.6. The van der Waals surface area contributed by atoms with E-state index >= 15 is 0 Å². The van der Waals surface area contributed by atoms with Gasteiger partial charge in [0.2, 0.25) is 5.91 Å². The Hall–Kier alpha value is -2.24. The van der Waals surface area contributed by atoms with Crippen LogP contribution in [0.3, 0.4) is 0 Å². The van der Waals surface area contributed by atoms with Crippen molar-refractivity contribution < 1.29 is 9.90 Å². The molecule has 0 bridgehead atoms. The van der Waals surface area contributed by atoms with Crippen LogP contribution in [0, 0.1) is 5.92 Å². The van der Waals surface area contributed by atoms with Gasteiger partial charge in [0.1, 0.15) is 0 Å². The standard InChI is InChI=1S/C22H27N3O2/c26-20-12-19(13-20)21(11-16-5-8-23-9-6-16)24-22(27)7-10-25-14-17-3-1-2-4-18(17)15-25/h1-6,8-9,19-21,26H,7,10-15H2,(H,24,27)/t19?,20?,21-/m1/s1. The highest BCUT2D eigenvalue weighted by molar-refractivity contribution is 5.76. The molecule has 0 unspecified atom stereocenters. The van der Waals surface area contributed by atoms with E-state index in [0.29, 0.717) is 12.3 Å². The number of hydrogen-bond acceptors (Lipinski definition) is 4. The molecule has 1 aliphatic carbocycles. The van der Waals surface area contributed by atoms with Crippen LogP contribution < -0.4 is 5.32 Å². The van der Waals surface area contributed by atoms with Crippen molar-refractivity contribution in [2.45, 2.75) is 50.9 Å². The number of carbonyl (C=O) groups excluding carboxylic acids is 1. The van der Waals surface area contributed by atoms with Gasteiger partial charge < -0.3 is 10.4 Å². The quantitative estimate of drug-likeness (QED) is 0.790. The van der Waals surface area contributed by atoms with Gasteiger partial charge in [-0.1, -0.05) is 24.3 Å². The van der Waals surface area contributed by atoms with Crippen LogP contribution in [0.5, 0.6) is 0 Å². The molecule has 2 N–H and O–H groups in total. The number of hydrogen-bond donors (Lipinski definition) is 2. The van der Waals surface area contributed by atoms with Gasteiger partial charge >= 0.3 is 0 Å². The summed E-state index contributed by atoms with van der Waals surface area (Å²) in [6.45, 7) is 2.63. The number of aliphatic hydroxyl groups excluding tert-OH is 1. The largest absolute Gasteiger partial charge is 0.393 e. The van der Waals surface area contributed by atoms with Crippen LogP contribution in [0.15, 0.2) is 48.8 Å². The van der Waals surface area contributed by atoms with Crippen molar-refractivity contribution in [3.63, 3.8) is 0 Å². The fourth-order valence-electron chi connectivity index (χ4n) is 4.17. The lowest BCUT2D eigenvalue weighted by molar-refractivity contribution is -0.123. The maximum atomic E-state index is 12.6. The van der Waals surface area contributed by atoms with Crippen LogP contribution in [-0.2, 0) is 24.3 Å². The SMILES string of the molecule is O=C(CCN1Cc2ccccc2C1)N[C@H](Cc1ccncc1)C1CC(O)C1. The van der Waals surface area contributed by atoms with Crippen LogP contribution >= 0.6 is 0 Å². The number of fused-ring (bicyclic) bond motifs is 1. The predicted octanol–water partition coefficient (Wildman–Crippen LogP) is 2.29. The Labute approximate surface area is 160 Å². The summed E-state index contributed by atoms with van der Waals surface area (Å²) < 4.78 is 0. The molecule has 0 saturated heterocycles. The number of amides is 1. The van der Waals surface area contributed by atoms with Crippen LogP contribution in [0.1, 0.15) is 36.0 Å². The molecule has 2 heterocycles. The van der Waals surface area contributed by atoms with Crippen molar-refractivity contribution in [3.8, 4) is 0 Å². The first-order valence-electron chi connectivity index (χ1n) is 9.83. The molecular formula is C22H27N3O2. The van der Waals surface area contributed by atoms with Crippen molar-refractivity contribution in [2.75, 3.05) is 6.54 Å². The van der Waals surface area contributed by atoms with Crippen molar-refractivity contribution in [3.05, 3.63) is 65.5 Å². The van der Waals surface area contributed by atoms with Gasteiger partial charge in [-0.3, -0.25) is 14.7 Å². The van der Waals surface area contributed by atoms with E-state index in [0.717, 1.165) is 38.9 Å². The van der Waals surface area contributed by atoms with Gasteiger partial charge in [-0.15, -0.1) is 0 Å². The summed E-state index contributed by atoms with van der Waals surface area (Å²) in [5, 5.41) is 12.9. The molecule has 1 amide bonds. The summed E-state index contributed by atoms with van der Waals surface area (Å²) in [6, 6.07) is 12.6. The second-order valence-corrected chi connectivity index (χ2v) is 7.85. The van der Waals surface area contributed by atoms with Crippen LogP contribution in [0.2, 0.25) is 0 Å². The van der Waals surface area contributed by atoms with Crippen LogP contribution in [0.25, 0.3) is 0 Å². The number of benzene rings is 1. The Balaban J connectivity index is 1.29. The van der Waals surface area contributed by atoms with Gasteiger partial charge in [0.25, 0.3) is 0 Å². The lowest BCUT2D eigenvalue weighted by Gasteiger charge is -2.38. The minimum Gasteiger partial charge on any atom is -0.393 e. The number of rotatable bonds is 7. The average molecular weight is 365 g/mol. The molecule has 0 radical (unpaired) electrons. The van der Waals surface area contributed by atoms with Gasteiger partial charge in [0.05, 0.1) is 6.10 Å². The number of nitrogens with one attached hydrogen (secondary N) is 1. The van der Waals surface area contributed by atoms with E-state index in [1.54, 1.807) is 12.4 Å². The number of aromatic nitrogens is 1. The Morgan fingerprint density at radius 2 is 1.81 bits per heavy atom. The molecular weight excluding hydrogens is 338 g/mol. The Morgan fingerprint density at radius 3 is 2.44 bits per heavy atom. The first-order valence-corrected chi connectivity index (χ1v) is 9.83. The van der Waals surface area contributed by atoms with E-state index in [1.165, 1.54) is 16.7 Å². The molecule has 1 fully saturated rings. The Bertz CT molecular complexity index is 749. The van der Waals surface area contributed by atoms with Crippen molar-refractivity contribution in [2.24, 2.45) is 5.92 Å². The third kappa shape index (κ3) is 4.54. The number of pyridine rings is 1. The molecule has 1 saturated carbocycles. The highest BCUT2D eigenvalue weighted by Gasteiger charge is 2.34. The maximum absolute atomic E-state index is 12.6. The molecule has 4 rings (SSSR count). The van der Waals surface area contributed by atoms with E-state index in [9.17, 15) is 9.90 Å². The molecule has 5 heteroatoms. The molecule has 1 aliphatic heterocycles. The molecule has 1 atom stereocenters. The number of carbonyl (C=O) groups is 1. The smallest absolute Gasteiger partial charge is 0.221 e. The third-order valence-electron chi connectivity index (χ3n) is 5.83. The zero-order valence-electron chi connectivity index (χ0n) is 15.6. The summed E-state index contributed by atoms with van der Waals surface area (Å²) in [5.74, 6) is 0.458.